The van der Waals surface area contributed by atoms with Crippen LogP contribution in [0, 0.1) is 0 Å². The predicted molar refractivity (Wildman–Crippen MR) is 87.7 cm³/mol. The zero-order valence-electron chi connectivity index (χ0n) is 13.8. The van der Waals surface area contributed by atoms with Crippen molar-refractivity contribution in [2.24, 2.45) is 0 Å². The van der Waals surface area contributed by atoms with E-state index in [9.17, 15) is 9.59 Å². The molecule has 0 aliphatic rings. The number of ether oxygens (including phenoxy) is 2. The van der Waals surface area contributed by atoms with E-state index >= 15 is 0 Å². The molecule has 1 heterocycles. The van der Waals surface area contributed by atoms with E-state index in [1.54, 1.807) is 6.07 Å². The van der Waals surface area contributed by atoms with E-state index in [2.05, 4.69) is 5.32 Å². The normalized spacial score (nSPS) is 11.6. The number of furan rings is 1. The molecule has 1 atom stereocenters. The van der Waals surface area contributed by atoms with E-state index in [4.69, 9.17) is 13.9 Å². The molecule has 6 heteroatoms. The zero-order valence-corrected chi connectivity index (χ0v) is 13.8. The van der Waals surface area contributed by atoms with Gasteiger partial charge in [-0.15, -0.1) is 0 Å². The Morgan fingerprint density at radius 1 is 1.17 bits per heavy atom. The minimum atomic E-state index is -0.877. The molecule has 0 radical (unpaired) electrons. The lowest BCUT2D eigenvalue weighted by molar-refractivity contribution is -0.129. The van der Waals surface area contributed by atoms with Crippen molar-refractivity contribution in [1.29, 1.82) is 0 Å². The summed E-state index contributed by atoms with van der Waals surface area (Å²) in [7, 11) is 0. The van der Waals surface area contributed by atoms with Crippen LogP contribution in [-0.4, -0.2) is 24.5 Å². The third-order valence-electron chi connectivity index (χ3n) is 3.19. The van der Waals surface area contributed by atoms with Crippen molar-refractivity contribution in [2.75, 3.05) is 6.54 Å². The van der Waals surface area contributed by atoms with Gasteiger partial charge in [-0.25, -0.2) is 4.79 Å². The van der Waals surface area contributed by atoms with Crippen molar-refractivity contribution in [1.82, 2.24) is 5.32 Å². The van der Waals surface area contributed by atoms with Gasteiger partial charge in [-0.2, -0.15) is 0 Å². The maximum atomic E-state index is 12.0. The zero-order chi connectivity index (χ0) is 17.4. The first-order valence-electron chi connectivity index (χ1n) is 7.85. The monoisotopic (exact) mass is 331 g/mol. The Balaban J connectivity index is 1.85. The molecule has 128 valence electrons. The molecule has 1 N–H and O–H groups in total. The maximum absolute atomic E-state index is 12.0. The van der Waals surface area contributed by atoms with Crippen LogP contribution in [0.3, 0.4) is 0 Å². The molecule has 1 aromatic heterocycles. The smallest absolute Gasteiger partial charge is 0.375 e. The van der Waals surface area contributed by atoms with Gasteiger partial charge < -0.3 is 19.2 Å². The van der Waals surface area contributed by atoms with Crippen LogP contribution >= 0.6 is 0 Å². The largest absolute Gasteiger partial charge is 0.486 e. The van der Waals surface area contributed by atoms with Gasteiger partial charge in [-0.05, 0) is 37.6 Å². The van der Waals surface area contributed by atoms with Gasteiger partial charge >= 0.3 is 5.97 Å². The number of amides is 1. The topological polar surface area (TPSA) is 77.8 Å². The van der Waals surface area contributed by atoms with Crippen LogP contribution in [0.15, 0.2) is 46.9 Å². The Hall–Kier alpha value is -2.76. The summed E-state index contributed by atoms with van der Waals surface area (Å²) >= 11 is 0. The van der Waals surface area contributed by atoms with E-state index in [-0.39, 0.29) is 18.3 Å². The summed E-state index contributed by atoms with van der Waals surface area (Å²) < 4.78 is 16.0. The highest BCUT2D eigenvalue weighted by atomic mass is 16.6. The van der Waals surface area contributed by atoms with Crippen molar-refractivity contribution >= 4 is 11.9 Å². The Labute approximate surface area is 140 Å². The third-order valence-corrected chi connectivity index (χ3v) is 3.19. The number of benzene rings is 1. The quantitative estimate of drug-likeness (QED) is 0.753. The molecule has 0 aliphatic heterocycles. The number of esters is 1. The Morgan fingerprint density at radius 3 is 2.62 bits per heavy atom. The lowest BCUT2D eigenvalue weighted by Crippen LogP contribution is -2.36. The molecule has 0 unspecified atom stereocenters. The maximum Gasteiger partial charge on any atom is 0.375 e. The van der Waals surface area contributed by atoms with Gasteiger partial charge in [0.2, 0.25) is 5.76 Å². The average Bonchev–Trinajstić information content (AvgIpc) is 3.07. The lowest BCUT2D eigenvalue weighted by atomic mass is 10.3. The Morgan fingerprint density at radius 2 is 1.92 bits per heavy atom. The number of hydrogen-bond donors (Lipinski definition) is 1. The van der Waals surface area contributed by atoms with E-state index in [0.29, 0.717) is 18.1 Å². The molecular formula is C18H21NO5. The molecule has 0 saturated heterocycles. The van der Waals surface area contributed by atoms with Crippen LogP contribution in [0.25, 0.3) is 0 Å². The molecule has 24 heavy (non-hydrogen) atoms. The summed E-state index contributed by atoms with van der Waals surface area (Å²) in [4.78, 5) is 23.7. The van der Waals surface area contributed by atoms with Gasteiger partial charge in [0.05, 0.1) is 0 Å². The first kappa shape index (κ1) is 17.6. The van der Waals surface area contributed by atoms with E-state index in [0.717, 1.165) is 6.42 Å². The van der Waals surface area contributed by atoms with Gasteiger partial charge in [-0.3, -0.25) is 4.79 Å². The average molecular weight is 331 g/mol. The standard InChI is InChI=1S/C18H21NO5/c1-3-11-19-17(20)13(2)23-18(21)16-10-9-15(24-16)12-22-14-7-5-4-6-8-14/h4-10,13H,3,11-12H2,1-2H3,(H,19,20)/t13-/m0/s1. The summed E-state index contributed by atoms with van der Waals surface area (Å²) in [5.74, 6) is 0.231. The second-order valence-corrected chi connectivity index (χ2v) is 5.21. The van der Waals surface area contributed by atoms with Crippen LogP contribution < -0.4 is 10.1 Å². The Bertz CT molecular complexity index is 665. The Kier molecular flexibility index (Phi) is 6.42. The van der Waals surface area contributed by atoms with Gasteiger partial charge in [-0.1, -0.05) is 25.1 Å². The third kappa shape index (κ3) is 5.15. The highest BCUT2D eigenvalue weighted by Gasteiger charge is 2.20. The minimum absolute atomic E-state index is 0.0387. The second kappa shape index (κ2) is 8.76. The molecule has 0 spiro atoms. The van der Waals surface area contributed by atoms with Crippen molar-refractivity contribution in [3.8, 4) is 5.75 Å². The molecule has 6 nitrogen and oxygen atoms in total. The van der Waals surface area contributed by atoms with E-state index < -0.39 is 12.1 Å². The van der Waals surface area contributed by atoms with Crippen LogP contribution in [0.4, 0.5) is 0 Å². The second-order valence-electron chi connectivity index (χ2n) is 5.21. The number of carbonyl (C=O) groups excluding carboxylic acids is 2. The van der Waals surface area contributed by atoms with E-state index in [1.165, 1.54) is 13.0 Å². The first-order chi connectivity index (χ1) is 11.6. The fraction of sp³-hybridized carbons (Fsp3) is 0.333. The number of nitrogens with one attached hydrogen (secondary N) is 1. The number of hydrogen-bond acceptors (Lipinski definition) is 5. The highest BCUT2D eigenvalue weighted by Crippen LogP contribution is 2.15. The summed E-state index contributed by atoms with van der Waals surface area (Å²) in [6, 6.07) is 12.4. The van der Waals surface area contributed by atoms with Gasteiger partial charge in [0, 0.05) is 6.54 Å². The predicted octanol–water partition coefficient (Wildman–Crippen LogP) is 2.93. The van der Waals surface area contributed by atoms with E-state index in [1.807, 2.05) is 37.3 Å². The lowest BCUT2D eigenvalue weighted by Gasteiger charge is -2.12. The SMILES string of the molecule is CCCNC(=O)[C@H](C)OC(=O)c1ccc(COc2ccccc2)o1. The molecule has 0 aliphatic carbocycles. The summed E-state index contributed by atoms with van der Waals surface area (Å²) in [5.41, 5.74) is 0. The molecule has 2 aromatic rings. The minimum Gasteiger partial charge on any atom is -0.486 e. The first-order valence-corrected chi connectivity index (χ1v) is 7.85. The van der Waals surface area contributed by atoms with Crippen LogP contribution in [0.5, 0.6) is 5.75 Å². The van der Waals surface area contributed by atoms with Crippen LogP contribution in [0.1, 0.15) is 36.6 Å². The summed E-state index contributed by atoms with van der Waals surface area (Å²) in [6.45, 7) is 4.20. The van der Waals surface area contributed by atoms with Crippen molar-refractivity contribution < 1.29 is 23.5 Å². The molecule has 1 amide bonds. The van der Waals surface area contributed by atoms with Crippen LogP contribution in [-0.2, 0) is 16.1 Å². The molecule has 2 rings (SSSR count). The van der Waals surface area contributed by atoms with Crippen LogP contribution in [0.2, 0.25) is 0 Å². The van der Waals surface area contributed by atoms with Gasteiger partial charge in [0.15, 0.2) is 6.10 Å². The van der Waals surface area contributed by atoms with Gasteiger partial charge in [0.1, 0.15) is 18.1 Å². The molecular weight excluding hydrogens is 310 g/mol. The summed E-state index contributed by atoms with van der Waals surface area (Å²) in [5, 5.41) is 2.67. The van der Waals surface area contributed by atoms with Crippen molar-refractivity contribution in [3.05, 3.63) is 54.0 Å². The number of para-hydroxylation sites is 1. The summed E-state index contributed by atoms with van der Waals surface area (Å²) in [6.07, 6.45) is -0.0618. The molecule has 1 aromatic carbocycles. The number of carbonyl (C=O) groups is 2. The molecule has 0 fully saturated rings. The fourth-order valence-corrected chi connectivity index (χ4v) is 1.90. The molecule has 0 bridgehead atoms. The molecule has 0 saturated carbocycles. The van der Waals surface area contributed by atoms with Crippen molar-refractivity contribution in [2.45, 2.75) is 33.0 Å². The fourth-order valence-electron chi connectivity index (χ4n) is 1.90. The highest BCUT2D eigenvalue weighted by molar-refractivity contribution is 5.90. The van der Waals surface area contributed by atoms with Crippen molar-refractivity contribution in [3.63, 3.8) is 0 Å². The number of rotatable bonds is 8. The van der Waals surface area contributed by atoms with Gasteiger partial charge in [0.25, 0.3) is 5.91 Å².